The molecule has 0 bridgehead atoms. The Morgan fingerprint density at radius 1 is 0.633 bits per heavy atom. The highest BCUT2D eigenvalue weighted by Crippen LogP contribution is 2.30. The number of carbonyl (C=O) groups excluding carboxylic acids is 3. The minimum Gasteiger partial charge on any atom is -0.508 e. The van der Waals surface area contributed by atoms with Gasteiger partial charge in [-0.25, -0.2) is 8.78 Å². The molecular formula is C37H32F2N2O8. The third-order valence-corrected chi connectivity index (χ3v) is 6.53. The van der Waals surface area contributed by atoms with E-state index in [2.05, 4.69) is 10.6 Å². The van der Waals surface area contributed by atoms with Gasteiger partial charge in [0.05, 0.1) is 14.2 Å². The molecule has 4 aromatic carbocycles. The van der Waals surface area contributed by atoms with E-state index in [9.17, 15) is 28.3 Å². The molecule has 0 aliphatic rings. The summed E-state index contributed by atoms with van der Waals surface area (Å²) in [5, 5.41) is 15.5. The van der Waals surface area contributed by atoms with E-state index in [4.69, 9.17) is 18.9 Å². The molecule has 0 unspecified atom stereocenters. The maximum Gasteiger partial charge on any atom is 0.262 e. The molecule has 49 heavy (non-hydrogen) atoms. The number of aliphatic hydroxyl groups excluding tert-OH is 1. The van der Waals surface area contributed by atoms with Gasteiger partial charge in [-0.15, -0.1) is 0 Å². The van der Waals surface area contributed by atoms with Gasteiger partial charge < -0.3 is 34.7 Å². The lowest BCUT2D eigenvalue weighted by molar-refractivity contribution is -0.118. The van der Waals surface area contributed by atoms with Crippen LogP contribution in [0.5, 0.6) is 23.0 Å². The van der Waals surface area contributed by atoms with Gasteiger partial charge in [0.1, 0.15) is 17.4 Å². The standard InChI is InChI=1S/C37H32F2N2O8/c1-46-34-19-24(5-17-32(34)48-22-36(44)40-28-11-7-26(38)8-12-28)3-15-30(42)21-31(43)16-4-25-6-18-33(35(20-25)47-2)49-23-37(45)41-29-13-9-27(39)10-14-29/h3-21,42H,22-23H2,1-2H3,(H,40,44)(H,41,45)/b15-3+,16-4+,30-21-. The van der Waals surface area contributed by atoms with Crippen LogP contribution in [0.4, 0.5) is 20.2 Å². The molecule has 0 saturated heterocycles. The van der Waals surface area contributed by atoms with Gasteiger partial charge in [-0.2, -0.15) is 0 Å². The van der Waals surface area contributed by atoms with Gasteiger partial charge in [-0.05, 0) is 96.1 Å². The van der Waals surface area contributed by atoms with E-state index < -0.39 is 29.2 Å². The first-order chi connectivity index (χ1) is 23.6. The number of anilines is 2. The Kier molecular flexibility index (Phi) is 12.6. The summed E-state index contributed by atoms with van der Waals surface area (Å²) in [5.41, 5.74) is 2.06. The van der Waals surface area contributed by atoms with Crippen LogP contribution in [0.15, 0.2) is 109 Å². The first-order valence-electron chi connectivity index (χ1n) is 14.6. The van der Waals surface area contributed by atoms with E-state index in [0.717, 1.165) is 6.08 Å². The van der Waals surface area contributed by atoms with Crippen LogP contribution in [0.1, 0.15) is 11.1 Å². The zero-order valence-electron chi connectivity index (χ0n) is 26.4. The summed E-state index contributed by atoms with van der Waals surface area (Å²) in [6, 6.07) is 20.4. The van der Waals surface area contributed by atoms with Crippen molar-refractivity contribution < 1.29 is 47.2 Å². The van der Waals surface area contributed by atoms with E-state index in [-0.39, 0.29) is 19.0 Å². The molecule has 12 heteroatoms. The highest BCUT2D eigenvalue weighted by atomic mass is 19.1. The Balaban J connectivity index is 1.28. The normalized spacial score (nSPS) is 11.3. The third-order valence-electron chi connectivity index (χ3n) is 6.53. The monoisotopic (exact) mass is 670 g/mol. The molecular weight excluding hydrogens is 638 g/mol. The van der Waals surface area contributed by atoms with Gasteiger partial charge >= 0.3 is 0 Å². The first-order valence-corrected chi connectivity index (χ1v) is 14.6. The lowest BCUT2D eigenvalue weighted by Crippen LogP contribution is -2.20. The van der Waals surface area contributed by atoms with Crippen molar-refractivity contribution in [3.63, 3.8) is 0 Å². The molecule has 3 N–H and O–H groups in total. The van der Waals surface area contributed by atoms with Crippen molar-refractivity contribution >= 4 is 41.1 Å². The zero-order valence-corrected chi connectivity index (χ0v) is 26.4. The van der Waals surface area contributed by atoms with Gasteiger partial charge in [0.2, 0.25) is 0 Å². The molecule has 2 amide bonds. The van der Waals surface area contributed by atoms with E-state index in [1.54, 1.807) is 42.5 Å². The van der Waals surface area contributed by atoms with Crippen LogP contribution in [-0.4, -0.2) is 50.1 Å². The maximum absolute atomic E-state index is 13.1. The number of allylic oxidation sites excluding steroid dienone is 3. The van der Waals surface area contributed by atoms with Gasteiger partial charge in [0.25, 0.3) is 11.8 Å². The molecule has 4 rings (SSSR count). The van der Waals surface area contributed by atoms with Crippen LogP contribution in [-0.2, 0) is 14.4 Å². The Morgan fingerprint density at radius 3 is 1.49 bits per heavy atom. The van der Waals surface area contributed by atoms with Crippen LogP contribution >= 0.6 is 0 Å². The number of halogens is 2. The molecule has 0 saturated carbocycles. The molecule has 10 nitrogen and oxygen atoms in total. The summed E-state index contributed by atoms with van der Waals surface area (Å²) in [4.78, 5) is 36.8. The first kappa shape index (κ1) is 35.4. The van der Waals surface area contributed by atoms with Crippen molar-refractivity contribution in [2.75, 3.05) is 38.1 Å². The zero-order chi connectivity index (χ0) is 35.2. The van der Waals surface area contributed by atoms with Crippen LogP contribution in [0, 0.1) is 11.6 Å². The average molecular weight is 671 g/mol. The van der Waals surface area contributed by atoms with Crippen LogP contribution in [0.25, 0.3) is 12.2 Å². The minimum absolute atomic E-state index is 0.298. The van der Waals surface area contributed by atoms with E-state index in [1.807, 2.05) is 0 Å². The number of ketones is 1. The van der Waals surface area contributed by atoms with Gasteiger partial charge in [0, 0.05) is 17.5 Å². The third kappa shape index (κ3) is 11.4. The maximum atomic E-state index is 13.1. The molecule has 0 fully saturated rings. The minimum atomic E-state index is -0.487. The number of hydrogen-bond donors (Lipinski definition) is 3. The van der Waals surface area contributed by atoms with Crippen LogP contribution in [0.2, 0.25) is 0 Å². The smallest absolute Gasteiger partial charge is 0.262 e. The largest absolute Gasteiger partial charge is 0.508 e. The number of methoxy groups -OCH3 is 2. The fraction of sp³-hybridized carbons (Fsp3) is 0.108. The summed E-state index contributed by atoms with van der Waals surface area (Å²) < 4.78 is 47.9. The van der Waals surface area contributed by atoms with Crippen molar-refractivity contribution in [1.29, 1.82) is 0 Å². The van der Waals surface area contributed by atoms with Crippen molar-refractivity contribution in [3.8, 4) is 23.0 Å². The number of hydrogen-bond acceptors (Lipinski definition) is 8. The van der Waals surface area contributed by atoms with Crippen molar-refractivity contribution in [2.24, 2.45) is 0 Å². The quantitative estimate of drug-likeness (QED) is 0.0719. The summed E-state index contributed by atoms with van der Waals surface area (Å²) in [6.45, 7) is -0.631. The molecule has 0 spiro atoms. The van der Waals surface area contributed by atoms with Crippen LogP contribution in [0.3, 0.4) is 0 Å². The predicted octanol–water partition coefficient (Wildman–Crippen LogP) is 6.75. The number of aliphatic hydroxyl groups is 1. The molecule has 0 aromatic heterocycles. The fourth-order valence-electron chi connectivity index (χ4n) is 4.16. The Labute approximate surface area is 280 Å². The SMILES string of the molecule is COc1cc(/C=C/C(=O)/C=C(O)/C=C/c2ccc(OCC(=O)Nc3ccc(F)cc3)c(OC)c2)ccc1OCC(=O)Nc1ccc(F)cc1. The number of rotatable bonds is 15. The average Bonchev–Trinajstić information content (AvgIpc) is 3.10. The Morgan fingerprint density at radius 2 is 1.06 bits per heavy atom. The van der Waals surface area contributed by atoms with Gasteiger partial charge in [-0.1, -0.05) is 24.3 Å². The molecule has 4 aromatic rings. The number of nitrogens with one attached hydrogen (secondary N) is 2. The van der Waals surface area contributed by atoms with E-state index in [0.29, 0.717) is 45.5 Å². The predicted molar refractivity (Wildman–Crippen MR) is 181 cm³/mol. The highest BCUT2D eigenvalue weighted by molar-refractivity contribution is 6.02. The van der Waals surface area contributed by atoms with Gasteiger partial charge in [0.15, 0.2) is 42.0 Å². The van der Waals surface area contributed by atoms with Crippen molar-refractivity contribution in [1.82, 2.24) is 0 Å². The van der Waals surface area contributed by atoms with Crippen molar-refractivity contribution in [2.45, 2.75) is 0 Å². The topological polar surface area (TPSA) is 132 Å². The second kappa shape index (κ2) is 17.5. The van der Waals surface area contributed by atoms with Crippen LogP contribution < -0.4 is 29.6 Å². The summed E-state index contributed by atoms with van der Waals surface area (Å²) in [5.74, 6) is -1.26. The summed E-state index contributed by atoms with van der Waals surface area (Å²) in [7, 11) is 2.86. The number of benzene rings is 4. The summed E-state index contributed by atoms with van der Waals surface area (Å²) >= 11 is 0. The Bertz CT molecular complexity index is 1870. The lowest BCUT2D eigenvalue weighted by Gasteiger charge is -2.11. The van der Waals surface area contributed by atoms with Gasteiger partial charge in [-0.3, -0.25) is 14.4 Å². The lowest BCUT2D eigenvalue weighted by atomic mass is 10.1. The van der Waals surface area contributed by atoms with E-state index >= 15 is 0 Å². The number of carbonyl (C=O) groups is 3. The second-order valence-electron chi connectivity index (χ2n) is 10.1. The molecule has 0 radical (unpaired) electrons. The fourth-order valence-corrected chi connectivity index (χ4v) is 4.16. The van der Waals surface area contributed by atoms with E-state index in [1.165, 1.54) is 81.0 Å². The molecule has 0 heterocycles. The highest BCUT2D eigenvalue weighted by Gasteiger charge is 2.11. The number of amides is 2. The van der Waals surface area contributed by atoms with Crippen molar-refractivity contribution in [3.05, 3.63) is 132 Å². The molecule has 0 aliphatic heterocycles. The second-order valence-corrected chi connectivity index (χ2v) is 10.1. The summed E-state index contributed by atoms with van der Waals surface area (Å²) in [6.07, 6.45) is 6.71. The molecule has 0 aliphatic carbocycles. The molecule has 252 valence electrons. The number of ether oxygens (including phenoxy) is 4. The Hall–Kier alpha value is -6.43. The molecule has 0 atom stereocenters.